The number of carbonyl (C=O) groups excluding carboxylic acids is 1. The zero-order chi connectivity index (χ0) is 14.5. The fraction of sp³-hybridized carbons (Fsp3) is 0.615. The molecule has 0 aliphatic carbocycles. The summed E-state index contributed by atoms with van der Waals surface area (Å²) in [5.41, 5.74) is 0.680. The highest BCUT2D eigenvalue weighted by atomic mass is 16.2. The van der Waals surface area contributed by atoms with E-state index in [1.165, 1.54) is 0 Å². The van der Waals surface area contributed by atoms with E-state index in [9.17, 15) is 4.79 Å². The van der Waals surface area contributed by atoms with Gasteiger partial charge in [-0.3, -0.25) is 4.79 Å². The Morgan fingerprint density at radius 2 is 2.00 bits per heavy atom. The molecule has 1 heterocycles. The number of rotatable bonds is 5. The molecule has 1 aromatic rings. The fourth-order valence-electron chi connectivity index (χ4n) is 1.49. The number of nitrogens with zero attached hydrogens (tertiary/aromatic N) is 2. The van der Waals surface area contributed by atoms with Crippen LogP contribution in [0.3, 0.4) is 0 Å². The molecule has 0 aromatic carbocycles. The van der Waals surface area contributed by atoms with E-state index in [-0.39, 0.29) is 18.0 Å². The van der Waals surface area contributed by atoms with Gasteiger partial charge < -0.3 is 16.0 Å². The second-order valence-electron chi connectivity index (χ2n) is 5.41. The summed E-state index contributed by atoms with van der Waals surface area (Å²) in [6, 6.07) is 0. The molecule has 0 atom stereocenters. The van der Waals surface area contributed by atoms with Crippen LogP contribution < -0.4 is 16.0 Å². The van der Waals surface area contributed by atoms with E-state index >= 15 is 0 Å². The van der Waals surface area contributed by atoms with Gasteiger partial charge in [-0.15, -0.1) is 0 Å². The smallest absolute Gasteiger partial charge is 0.239 e. The van der Waals surface area contributed by atoms with E-state index in [0.717, 1.165) is 12.1 Å². The zero-order valence-electron chi connectivity index (χ0n) is 12.3. The van der Waals surface area contributed by atoms with Gasteiger partial charge in [0, 0.05) is 23.8 Å². The van der Waals surface area contributed by atoms with Crippen LogP contribution in [-0.2, 0) is 4.79 Å². The van der Waals surface area contributed by atoms with Crippen molar-refractivity contribution in [1.82, 2.24) is 15.3 Å². The predicted molar refractivity (Wildman–Crippen MR) is 77.3 cm³/mol. The second-order valence-corrected chi connectivity index (χ2v) is 5.41. The summed E-state index contributed by atoms with van der Waals surface area (Å²) < 4.78 is 0. The van der Waals surface area contributed by atoms with Gasteiger partial charge >= 0.3 is 0 Å². The molecule has 0 fully saturated rings. The second kappa shape index (κ2) is 6.36. The molecule has 1 amide bonds. The minimum absolute atomic E-state index is 0.0597. The standard InChI is InChI=1S/C13H23N5O/c1-6-14-12-16-7-9(2)11(17-12)15-8-10(19)18-13(3,4)5/h7H,6,8H2,1-5H3,(H,18,19)(H2,14,15,16,17). The van der Waals surface area contributed by atoms with Gasteiger partial charge in [0.05, 0.1) is 6.54 Å². The lowest BCUT2D eigenvalue weighted by atomic mass is 10.1. The Kier molecular flexibility index (Phi) is 5.09. The van der Waals surface area contributed by atoms with Crippen LogP contribution in [0.15, 0.2) is 6.20 Å². The Balaban J connectivity index is 2.61. The Morgan fingerprint density at radius 1 is 1.32 bits per heavy atom. The summed E-state index contributed by atoms with van der Waals surface area (Å²) >= 11 is 0. The summed E-state index contributed by atoms with van der Waals surface area (Å²) in [7, 11) is 0. The number of anilines is 2. The van der Waals surface area contributed by atoms with Gasteiger partial charge in [-0.1, -0.05) is 0 Å². The van der Waals surface area contributed by atoms with Gasteiger partial charge in [-0.2, -0.15) is 4.98 Å². The van der Waals surface area contributed by atoms with Crippen molar-refractivity contribution in [3.05, 3.63) is 11.8 Å². The van der Waals surface area contributed by atoms with Crippen molar-refractivity contribution in [3.8, 4) is 0 Å². The molecule has 6 nitrogen and oxygen atoms in total. The average molecular weight is 265 g/mol. The molecule has 1 rings (SSSR count). The Labute approximate surface area is 114 Å². The van der Waals surface area contributed by atoms with Crippen LogP contribution in [0.25, 0.3) is 0 Å². The van der Waals surface area contributed by atoms with Crippen LogP contribution in [0.5, 0.6) is 0 Å². The lowest BCUT2D eigenvalue weighted by Gasteiger charge is -2.20. The highest BCUT2D eigenvalue weighted by Crippen LogP contribution is 2.12. The van der Waals surface area contributed by atoms with Gasteiger partial charge in [0.1, 0.15) is 5.82 Å². The van der Waals surface area contributed by atoms with Crippen molar-refractivity contribution >= 4 is 17.7 Å². The number of hydrogen-bond donors (Lipinski definition) is 3. The van der Waals surface area contributed by atoms with Crippen molar-refractivity contribution in [1.29, 1.82) is 0 Å². The maximum absolute atomic E-state index is 11.7. The van der Waals surface area contributed by atoms with Gasteiger partial charge in [0.25, 0.3) is 0 Å². The lowest BCUT2D eigenvalue weighted by Crippen LogP contribution is -2.43. The molecule has 0 unspecified atom stereocenters. The van der Waals surface area contributed by atoms with E-state index in [1.54, 1.807) is 6.20 Å². The first-order valence-corrected chi connectivity index (χ1v) is 6.44. The molecule has 3 N–H and O–H groups in total. The number of aryl methyl sites for hydroxylation is 1. The first-order valence-electron chi connectivity index (χ1n) is 6.44. The summed E-state index contributed by atoms with van der Waals surface area (Å²) in [5, 5.41) is 8.96. The molecule has 6 heteroatoms. The van der Waals surface area contributed by atoms with Gasteiger partial charge in [-0.25, -0.2) is 4.98 Å². The SMILES string of the molecule is CCNc1ncc(C)c(NCC(=O)NC(C)(C)C)n1. The lowest BCUT2D eigenvalue weighted by molar-refractivity contribution is -0.120. The number of carbonyl (C=O) groups is 1. The van der Waals surface area contributed by atoms with Crippen LogP contribution >= 0.6 is 0 Å². The molecule has 0 bridgehead atoms. The van der Waals surface area contributed by atoms with Crippen molar-refractivity contribution in [2.75, 3.05) is 23.7 Å². The third-order valence-electron chi connectivity index (χ3n) is 2.24. The van der Waals surface area contributed by atoms with Gasteiger partial charge in [-0.05, 0) is 34.6 Å². The monoisotopic (exact) mass is 265 g/mol. The molecule has 19 heavy (non-hydrogen) atoms. The maximum Gasteiger partial charge on any atom is 0.239 e. The van der Waals surface area contributed by atoms with E-state index in [2.05, 4.69) is 25.9 Å². The Morgan fingerprint density at radius 3 is 2.58 bits per heavy atom. The average Bonchev–Trinajstić information content (AvgIpc) is 2.28. The normalized spacial score (nSPS) is 11.0. The first kappa shape index (κ1) is 15.2. The predicted octanol–water partition coefficient (Wildman–Crippen LogP) is 1.54. The largest absolute Gasteiger partial charge is 0.361 e. The minimum atomic E-state index is -0.228. The van der Waals surface area contributed by atoms with Gasteiger partial charge in [0.15, 0.2) is 0 Å². The summed E-state index contributed by atoms with van der Waals surface area (Å²) in [4.78, 5) is 20.2. The van der Waals surface area contributed by atoms with Crippen molar-refractivity contribution in [2.45, 2.75) is 40.2 Å². The van der Waals surface area contributed by atoms with Gasteiger partial charge in [0.2, 0.25) is 11.9 Å². The topological polar surface area (TPSA) is 78.9 Å². The molecule has 106 valence electrons. The molecule has 1 aromatic heterocycles. The molecular formula is C13H23N5O. The highest BCUT2D eigenvalue weighted by molar-refractivity contribution is 5.81. The summed E-state index contributed by atoms with van der Waals surface area (Å²) in [6.45, 7) is 10.7. The Bertz CT molecular complexity index is 439. The van der Waals surface area contributed by atoms with Crippen LogP contribution in [-0.4, -0.2) is 34.5 Å². The van der Waals surface area contributed by atoms with Crippen LogP contribution in [0.4, 0.5) is 11.8 Å². The third-order valence-corrected chi connectivity index (χ3v) is 2.24. The zero-order valence-corrected chi connectivity index (χ0v) is 12.3. The number of aromatic nitrogens is 2. The minimum Gasteiger partial charge on any atom is -0.361 e. The molecule has 0 spiro atoms. The number of nitrogens with one attached hydrogen (secondary N) is 3. The first-order chi connectivity index (χ1) is 8.81. The van der Waals surface area contributed by atoms with Crippen LogP contribution in [0.1, 0.15) is 33.3 Å². The third kappa shape index (κ3) is 5.54. The molecule has 0 aliphatic rings. The van der Waals surface area contributed by atoms with E-state index in [4.69, 9.17) is 0 Å². The van der Waals surface area contributed by atoms with E-state index in [1.807, 2.05) is 34.6 Å². The van der Waals surface area contributed by atoms with Crippen LogP contribution in [0.2, 0.25) is 0 Å². The van der Waals surface area contributed by atoms with E-state index < -0.39 is 0 Å². The number of amides is 1. The van der Waals surface area contributed by atoms with Crippen LogP contribution in [0, 0.1) is 6.92 Å². The molecule has 0 saturated carbocycles. The number of hydrogen-bond acceptors (Lipinski definition) is 5. The molecule has 0 saturated heterocycles. The van der Waals surface area contributed by atoms with Crippen molar-refractivity contribution in [3.63, 3.8) is 0 Å². The van der Waals surface area contributed by atoms with E-state index in [0.29, 0.717) is 11.8 Å². The fourth-order valence-corrected chi connectivity index (χ4v) is 1.49. The summed E-state index contributed by atoms with van der Waals surface area (Å²) in [5.74, 6) is 1.18. The highest BCUT2D eigenvalue weighted by Gasteiger charge is 2.13. The summed E-state index contributed by atoms with van der Waals surface area (Å²) in [6.07, 6.45) is 1.73. The molecular weight excluding hydrogens is 242 g/mol. The van der Waals surface area contributed by atoms with Crippen molar-refractivity contribution in [2.24, 2.45) is 0 Å². The quantitative estimate of drug-likeness (QED) is 0.752. The molecule has 0 aliphatic heterocycles. The maximum atomic E-state index is 11.7. The molecule has 0 radical (unpaired) electrons. The Hall–Kier alpha value is -1.85. The van der Waals surface area contributed by atoms with Crippen molar-refractivity contribution < 1.29 is 4.79 Å².